The Morgan fingerprint density at radius 2 is 2.08 bits per heavy atom. The number of β-amino-alcohol motifs (C(OH)–C–C–N with tert-alkyl or cyclic N) is 1. The average Bonchev–Trinajstić information content (AvgIpc) is 2.98. The molecule has 1 aliphatic rings. The molecule has 0 radical (unpaired) electrons. The SMILES string of the molecule is COc1cc(Cl)cc2c3c([nH]c12)CN(CC(O)c1cccc(Cl)c1)CC3. The first-order valence-corrected chi connectivity index (χ1v) is 9.33. The molecule has 0 fully saturated rings. The molecule has 0 aliphatic carbocycles. The third kappa shape index (κ3) is 3.30. The maximum Gasteiger partial charge on any atom is 0.144 e. The Hall–Kier alpha value is -1.72. The number of aromatic nitrogens is 1. The summed E-state index contributed by atoms with van der Waals surface area (Å²) in [5.41, 5.74) is 4.27. The molecule has 0 saturated carbocycles. The molecular formula is C20H20Cl2N2O2. The van der Waals surface area contributed by atoms with Crippen LogP contribution in [0.3, 0.4) is 0 Å². The predicted octanol–water partition coefficient (Wildman–Crippen LogP) is 4.58. The first kappa shape index (κ1) is 17.7. The van der Waals surface area contributed by atoms with Gasteiger partial charge in [0, 0.05) is 46.8 Å². The molecule has 2 heterocycles. The molecule has 0 amide bonds. The lowest BCUT2D eigenvalue weighted by atomic mass is 10.0. The third-order valence-electron chi connectivity index (χ3n) is 4.98. The molecule has 2 N–H and O–H groups in total. The van der Waals surface area contributed by atoms with Gasteiger partial charge in [0.15, 0.2) is 0 Å². The summed E-state index contributed by atoms with van der Waals surface area (Å²) < 4.78 is 5.46. The third-order valence-corrected chi connectivity index (χ3v) is 5.43. The van der Waals surface area contributed by atoms with Crippen LogP contribution in [0.25, 0.3) is 10.9 Å². The monoisotopic (exact) mass is 390 g/mol. The van der Waals surface area contributed by atoms with Crippen LogP contribution in [-0.4, -0.2) is 35.2 Å². The molecule has 1 atom stereocenters. The van der Waals surface area contributed by atoms with Crippen molar-refractivity contribution < 1.29 is 9.84 Å². The molecule has 4 rings (SSSR count). The van der Waals surface area contributed by atoms with Crippen LogP contribution in [0.5, 0.6) is 5.75 Å². The van der Waals surface area contributed by atoms with Gasteiger partial charge in [-0.15, -0.1) is 0 Å². The van der Waals surface area contributed by atoms with Crippen LogP contribution in [0.1, 0.15) is 22.9 Å². The maximum atomic E-state index is 10.6. The predicted molar refractivity (Wildman–Crippen MR) is 105 cm³/mol. The Morgan fingerprint density at radius 1 is 1.23 bits per heavy atom. The maximum absolute atomic E-state index is 10.6. The van der Waals surface area contributed by atoms with E-state index in [1.807, 2.05) is 36.4 Å². The Bertz CT molecular complexity index is 954. The van der Waals surface area contributed by atoms with Crippen LogP contribution in [-0.2, 0) is 13.0 Å². The highest BCUT2D eigenvalue weighted by Gasteiger charge is 2.24. The summed E-state index contributed by atoms with van der Waals surface area (Å²) in [5, 5.41) is 13.0. The molecule has 4 nitrogen and oxygen atoms in total. The van der Waals surface area contributed by atoms with E-state index < -0.39 is 6.10 Å². The van der Waals surface area contributed by atoms with Crippen molar-refractivity contribution in [3.8, 4) is 5.75 Å². The molecule has 1 aliphatic heterocycles. The largest absolute Gasteiger partial charge is 0.495 e. The second-order valence-electron chi connectivity index (χ2n) is 6.67. The van der Waals surface area contributed by atoms with Gasteiger partial charge in [-0.2, -0.15) is 0 Å². The van der Waals surface area contributed by atoms with Crippen molar-refractivity contribution in [1.29, 1.82) is 0 Å². The summed E-state index contributed by atoms with van der Waals surface area (Å²) in [6.45, 7) is 2.20. The second kappa shape index (κ2) is 7.12. The highest BCUT2D eigenvalue weighted by molar-refractivity contribution is 6.31. The number of fused-ring (bicyclic) bond motifs is 3. The number of rotatable bonds is 4. The smallest absolute Gasteiger partial charge is 0.144 e. The van der Waals surface area contributed by atoms with Crippen LogP contribution in [0.4, 0.5) is 0 Å². The summed E-state index contributed by atoms with van der Waals surface area (Å²) in [6, 6.07) is 11.2. The van der Waals surface area contributed by atoms with Gasteiger partial charge in [0.05, 0.1) is 18.7 Å². The highest BCUT2D eigenvalue weighted by Crippen LogP contribution is 2.35. The topological polar surface area (TPSA) is 48.5 Å². The number of aliphatic hydroxyl groups excluding tert-OH is 1. The van der Waals surface area contributed by atoms with E-state index in [2.05, 4.69) is 9.88 Å². The van der Waals surface area contributed by atoms with Crippen molar-refractivity contribution in [2.75, 3.05) is 20.2 Å². The molecule has 0 bridgehead atoms. The number of methoxy groups -OCH3 is 1. The zero-order chi connectivity index (χ0) is 18.3. The number of nitrogens with one attached hydrogen (secondary N) is 1. The second-order valence-corrected chi connectivity index (χ2v) is 7.54. The van der Waals surface area contributed by atoms with E-state index in [0.29, 0.717) is 16.6 Å². The first-order chi connectivity index (χ1) is 12.5. The number of hydrogen-bond donors (Lipinski definition) is 2. The number of nitrogens with zero attached hydrogens (tertiary/aromatic N) is 1. The summed E-state index contributed by atoms with van der Waals surface area (Å²) >= 11 is 12.3. The molecule has 3 aromatic rings. The molecule has 6 heteroatoms. The van der Waals surface area contributed by atoms with E-state index in [1.165, 1.54) is 5.56 Å². The van der Waals surface area contributed by atoms with Crippen LogP contribution < -0.4 is 4.74 Å². The fourth-order valence-corrected chi connectivity index (χ4v) is 4.12. The number of aliphatic hydroxyl groups is 1. The van der Waals surface area contributed by atoms with Crippen molar-refractivity contribution in [2.24, 2.45) is 0 Å². The minimum atomic E-state index is -0.566. The van der Waals surface area contributed by atoms with Gasteiger partial charge in [-0.05, 0) is 35.7 Å². The quantitative estimate of drug-likeness (QED) is 0.685. The van der Waals surface area contributed by atoms with Crippen molar-refractivity contribution in [3.05, 3.63) is 63.3 Å². The van der Waals surface area contributed by atoms with Gasteiger partial charge >= 0.3 is 0 Å². The van der Waals surface area contributed by atoms with E-state index in [9.17, 15) is 5.11 Å². The minimum absolute atomic E-state index is 0.563. The summed E-state index contributed by atoms with van der Waals surface area (Å²) in [5.74, 6) is 0.757. The Balaban J connectivity index is 1.57. The van der Waals surface area contributed by atoms with Gasteiger partial charge < -0.3 is 14.8 Å². The number of ether oxygens (including phenoxy) is 1. The fraction of sp³-hybridized carbons (Fsp3) is 0.300. The van der Waals surface area contributed by atoms with E-state index in [4.69, 9.17) is 27.9 Å². The average molecular weight is 391 g/mol. The van der Waals surface area contributed by atoms with E-state index in [1.54, 1.807) is 7.11 Å². The molecule has 136 valence electrons. The standard InChI is InChI=1S/C20H20Cl2N2O2/c1-26-19-9-14(22)8-16-15-5-6-24(10-17(15)23-20(16)19)11-18(25)12-3-2-4-13(21)7-12/h2-4,7-9,18,23,25H,5-6,10-11H2,1H3. The van der Waals surface area contributed by atoms with Gasteiger partial charge in [-0.25, -0.2) is 0 Å². The van der Waals surface area contributed by atoms with Gasteiger partial charge in [0.1, 0.15) is 5.75 Å². The normalized spacial score (nSPS) is 15.8. The van der Waals surface area contributed by atoms with E-state index in [0.717, 1.165) is 47.4 Å². The molecular weight excluding hydrogens is 371 g/mol. The molecule has 0 saturated heterocycles. The lowest BCUT2D eigenvalue weighted by Gasteiger charge is -2.29. The number of benzene rings is 2. The number of hydrogen-bond acceptors (Lipinski definition) is 3. The Labute approximate surface area is 162 Å². The summed E-state index contributed by atoms with van der Waals surface area (Å²) in [4.78, 5) is 5.73. The van der Waals surface area contributed by atoms with Crippen LogP contribution in [0, 0.1) is 0 Å². The fourth-order valence-electron chi connectivity index (χ4n) is 3.71. The molecule has 2 aromatic carbocycles. The lowest BCUT2D eigenvalue weighted by Crippen LogP contribution is -2.33. The van der Waals surface area contributed by atoms with Gasteiger partial charge in [0.25, 0.3) is 0 Å². The first-order valence-electron chi connectivity index (χ1n) is 8.58. The summed E-state index contributed by atoms with van der Waals surface area (Å²) in [6.07, 6.45) is 0.338. The van der Waals surface area contributed by atoms with Crippen molar-refractivity contribution >= 4 is 34.1 Å². The number of aromatic amines is 1. The highest BCUT2D eigenvalue weighted by atomic mass is 35.5. The van der Waals surface area contributed by atoms with Gasteiger partial charge in [0.2, 0.25) is 0 Å². The van der Waals surface area contributed by atoms with Crippen molar-refractivity contribution in [1.82, 2.24) is 9.88 Å². The molecule has 1 unspecified atom stereocenters. The number of halogens is 2. The zero-order valence-corrected chi connectivity index (χ0v) is 15.9. The Kier molecular flexibility index (Phi) is 4.84. The van der Waals surface area contributed by atoms with E-state index in [-0.39, 0.29) is 0 Å². The van der Waals surface area contributed by atoms with Gasteiger partial charge in [-0.1, -0.05) is 35.3 Å². The van der Waals surface area contributed by atoms with Crippen molar-refractivity contribution in [2.45, 2.75) is 19.1 Å². The Morgan fingerprint density at radius 3 is 2.85 bits per heavy atom. The van der Waals surface area contributed by atoms with Crippen LogP contribution in [0.2, 0.25) is 10.0 Å². The minimum Gasteiger partial charge on any atom is -0.495 e. The lowest BCUT2D eigenvalue weighted by molar-refractivity contribution is 0.105. The molecule has 26 heavy (non-hydrogen) atoms. The molecule has 0 spiro atoms. The zero-order valence-electron chi connectivity index (χ0n) is 14.4. The van der Waals surface area contributed by atoms with Crippen LogP contribution in [0.15, 0.2) is 36.4 Å². The number of H-pyrrole nitrogens is 1. The van der Waals surface area contributed by atoms with Crippen molar-refractivity contribution in [3.63, 3.8) is 0 Å². The van der Waals surface area contributed by atoms with Gasteiger partial charge in [-0.3, -0.25) is 4.90 Å². The van der Waals surface area contributed by atoms with Crippen LogP contribution >= 0.6 is 23.2 Å². The van der Waals surface area contributed by atoms with E-state index >= 15 is 0 Å². The molecule has 1 aromatic heterocycles. The summed E-state index contributed by atoms with van der Waals surface area (Å²) in [7, 11) is 1.65.